The molecule has 3 unspecified atom stereocenters. The highest BCUT2D eigenvalue weighted by Gasteiger charge is 2.41. The van der Waals surface area contributed by atoms with Crippen molar-refractivity contribution in [3.05, 3.63) is 47.7 Å². The maximum absolute atomic E-state index is 12.8. The molecule has 2 aromatic rings. The number of carbonyl (C=O) groups excluding carboxylic acids is 1. The summed E-state index contributed by atoms with van der Waals surface area (Å²) < 4.78 is 7.55. The molecular formula is C29H40N4O4. The summed E-state index contributed by atoms with van der Waals surface area (Å²) in [4.78, 5) is 21.8. The fraction of sp³-hybridized carbons (Fsp3) is 0.586. The molecule has 1 aliphatic heterocycles. The van der Waals surface area contributed by atoms with Crippen LogP contribution in [0.5, 0.6) is 11.8 Å². The summed E-state index contributed by atoms with van der Waals surface area (Å²) in [5, 5.41) is 22.1. The molecule has 2 aromatic heterocycles. The van der Waals surface area contributed by atoms with E-state index in [1.165, 1.54) is 12.8 Å². The van der Waals surface area contributed by atoms with Gasteiger partial charge in [-0.3, -0.25) is 14.3 Å². The van der Waals surface area contributed by atoms with Crippen LogP contribution in [-0.4, -0.2) is 69.5 Å². The zero-order valence-electron chi connectivity index (χ0n) is 21.9. The minimum Gasteiger partial charge on any atom is -0.494 e. The van der Waals surface area contributed by atoms with Crippen LogP contribution in [0.15, 0.2) is 36.5 Å². The number of anilines is 1. The van der Waals surface area contributed by atoms with Crippen LogP contribution in [0, 0.1) is 0 Å². The number of nitrogens with zero attached hydrogens (tertiary/aromatic N) is 4. The fourth-order valence-electron chi connectivity index (χ4n) is 6.11. The van der Waals surface area contributed by atoms with Gasteiger partial charge in [0.05, 0.1) is 6.54 Å². The van der Waals surface area contributed by atoms with Crippen molar-refractivity contribution in [2.45, 2.75) is 76.4 Å². The van der Waals surface area contributed by atoms with E-state index in [1.807, 2.05) is 24.4 Å². The van der Waals surface area contributed by atoms with Gasteiger partial charge in [-0.05, 0) is 25.0 Å². The number of pyridine rings is 1. The molecule has 8 nitrogen and oxygen atoms in total. The van der Waals surface area contributed by atoms with Crippen LogP contribution in [0.1, 0.15) is 74.8 Å². The summed E-state index contributed by atoms with van der Waals surface area (Å²) in [7, 11) is 0. The zero-order chi connectivity index (χ0) is 25.8. The predicted molar refractivity (Wildman–Crippen MR) is 143 cm³/mol. The van der Waals surface area contributed by atoms with Crippen molar-refractivity contribution in [1.82, 2.24) is 14.5 Å². The topological polar surface area (TPSA) is 91.1 Å². The summed E-state index contributed by atoms with van der Waals surface area (Å²) in [6.07, 6.45) is 12.3. The number of hydrogen-bond acceptors (Lipinski definition) is 7. The number of rotatable bonds is 12. The molecule has 37 heavy (non-hydrogen) atoms. The lowest BCUT2D eigenvalue weighted by Gasteiger charge is -2.37. The molecule has 3 heterocycles. The molecular weight excluding hydrogens is 468 g/mol. The van der Waals surface area contributed by atoms with E-state index in [-0.39, 0.29) is 36.1 Å². The van der Waals surface area contributed by atoms with Crippen LogP contribution in [-0.2, 0) is 16.1 Å². The molecule has 5 rings (SSSR count). The monoisotopic (exact) mass is 508 g/mol. The number of fused-ring (bicyclic) bond motifs is 5. The van der Waals surface area contributed by atoms with Crippen molar-refractivity contribution in [1.29, 1.82) is 0 Å². The maximum Gasteiger partial charge on any atom is 0.306 e. The number of allylic oxidation sites excluding steroid dienone is 2. The van der Waals surface area contributed by atoms with Gasteiger partial charge in [-0.15, -0.1) is 0 Å². The number of piperazine rings is 1. The lowest BCUT2D eigenvalue weighted by atomic mass is 10.0. The summed E-state index contributed by atoms with van der Waals surface area (Å²) in [6, 6.07) is 5.95. The van der Waals surface area contributed by atoms with Crippen LogP contribution in [0.2, 0.25) is 0 Å². The zero-order valence-corrected chi connectivity index (χ0v) is 21.9. The Bertz CT molecular complexity index is 1060. The molecule has 3 aliphatic rings. The van der Waals surface area contributed by atoms with Gasteiger partial charge in [0.15, 0.2) is 11.8 Å². The van der Waals surface area contributed by atoms with E-state index in [2.05, 4.69) is 33.9 Å². The van der Waals surface area contributed by atoms with Crippen molar-refractivity contribution < 1.29 is 19.7 Å². The largest absolute Gasteiger partial charge is 0.494 e. The Morgan fingerprint density at radius 3 is 2.35 bits per heavy atom. The van der Waals surface area contributed by atoms with Crippen LogP contribution in [0.3, 0.4) is 0 Å². The molecule has 0 amide bonds. The highest BCUT2D eigenvalue weighted by molar-refractivity contribution is 5.69. The summed E-state index contributed by atoms with van der Waals surface area (Å²) >= 11 is 0. The highest BCUT2D eigenvalue weighted by Crippen LogP contribution is 2.56. The van der Waals surface area contributed by atoms with Gasteiger partial charge in [-0.25, -0.2) is 4.98 Å². The Labute approximate surface area is 219 Å². The van der Waals surface area contributed by atoms with E-state index < -0.39 is 6.10 Å². The first-order valence-electron chi connectivity index (χ1n) is 14.0. The Morgan fingerprint density at radius 1 is 1.00 bits per heavy atom. The molecule has 200 valence electrons. The first kappa shape index (κ1) is 25.6. The number of esters is 1. The lowest BCUT2D eigenvalue weighted by molar-refractivity contribution is -0.151. The van der Waals surface area contributed by atoms with Crippen molar-refractivity contribution in [2.75, 3.05) is 37.6 Å². The van der Waals surface area contributed by atoms with E-state index in [0.717, 1.165) is 68.8 Å². The number of aromatic hydroxyl groups is 2. The second-order valence-corrected chi connectivity index (χ2v) is 10.7. The fourth-order valence-corrected chi connectivity index (χ4v) is 6.11. The van der Waals surface area contributed by atoms with E-state index in [0.29, 0.717) is 13.0 Å². The third-order valence-electron chi connectivity index (χ3n) is 8.08. The van der Waals surface area contributed by atoms with Gasteiger partial charge in [-0.2, -0.15) is 0 Å². The predicted octanol–water partition coefficient (Wildman–Crippen LogP) is 4.53. The molecule has 1 saturated heterocycles. The second-order valence-electron chi connectivity index (χ2n) is 10.7. The minimum absolute atomic E-state index is 0.116. The average molecular weight is 509 g/mol. The van der Waals surface area contributed by atoms with Gasteiger partial charge in [0.25, 0.3) is 0 Å². The smallest absolute Gasteiger partial charge is 0.306 e. The van der Waals surface area contributed by atoms with Gasteiger partial charge in [-0.1, -0.05) is 50.8 Å². The summed E-state index contributed by atoms with van der Waals surface area (Å²) in [5.74, 6) is 1.34. The Kier molecular flexibility index (Phi) is 8.03. The number of carbonyl (C=O) groups is 1. The normalized spacial score (nSPS) is 21.4. The Hall–Kier alpha value is -3.00. The third kappa shape index (κ3) is 5.64. The first-order chi connectivity index (χ1) is 18.0. The number of unbranched alkanes of at least 4 members (excludes halogenated alkanes) is 4. The maximum atomic E-state index is 12.8. The van der Waals surface area contributed by atoms with E-state index in [1.54, 1.807) is 4.57 Å². The average Bonchev–Trinajstić information content (AvgIpc) is 3.60. The molecule has 0 spiro atoms. The Balaban J connectivity index is 1.24. The van der Waals surface area contributed by atoms with Crippen LogP contribution >= 0.6 is 0 Å². The standard InChI is InChI=1S/C29H40N4O4/c1-2-3-4-5-6-10-25(34)37-23(19-31-14-16-32(17-15-31)24-9-7-8-13-30-24)20-33-28(35)26-21-11-12-22(18-21)27(26)29(33)36/h7-9,11-13,21-23,35-36H,2-6,10,14-20H2,1H3. The van der Waals surface area contributed by atoms with Gasteiger partial charge in [0, 0.05) is 68.3 Å². The summed E-state index contributed by atoms with van der Waals surface area (Å²) in [5.41, 5.74) is 1.69. The Morgan fingerprint density at radius 2 is 1.70 bits per heavy atom. The van der Waals surface area contributed by atoms with E-state index >= 15 is 0 Å². The molecule has 0 aromatic carbocycles. The number of aromatic nitrogens is 2. The highest BCUT2D eigenvalue weighted by atomic mass is 16.5. The molecule has 3 atom stereocenters. The van der Waals surface area contributed by atoms with Crippen LogP contribution < -0.4 is 4.90 Å². The third-order valence-corrected chi connectivity index (χ3v) is 8.08. The van der Waals surface area contributed by atoms with Crippen LogP contribution in [0.25, 0.3) is 0 Å². The molecule has 1 fully saturated rings. The molecule has 2 N–H and O–H groups in total. The molecule has 2 bridgehead atoms. The van der Waals surface area contributed by atoms with E-state index in [4.69, 9.17) is 4.74 Å². The minimum atomic E-state index is -0.459. The van der Waals surface area contributed by atoms with Crippen LogP contribution in [0.4, 0.5) is 5.82 Å². The number of hydrogen-bond donors (Lipinski definition) is 2. The van der Waals surface area contributed by atoms with Gasteiger partial charge in [0.2, 0.25) is 0 Å². The van der Waals surface area contributed by atoms with Gasteiger partial charge < -0.3 is 19.8 Å². The molecule has 8 heteroatoms. The SMILES string of the molecule is CCCCCCCC(=O)OC(CN1CCN(c2ccccn2)CC1)Cn1c(O)c2c(c1O)C1C=CC2C1. The van der Waals surface area contributed by atoms with Crippen molar-refractivity contribution in [3.8, 4) is 11.8 Å². The summed E-state index contributed by atoms with van der Waals surface area (Å²) in [6.45, 7) is 6.33. The van der Waals surface area contributed by atoms with Crippen molar-refractivity contribution in [2.24, 2.45) is 0 Å². The van der Waals surface area contributed by atoms with Crippen molar-refractivity contribution in [3.63, 3.8) is 0 Å². The quantitative estimate of drug-likeness (QED) is 0.247. The molecule has 0 saturated carbocycles. The number of ether oxygens (including phenoxy) is 1. The molecule has 2 aliphatic carbocycles. The van der Waals surface area contributed by atoms with E-state index in [9.17, 15) is 15.0 Å². The molecule has 0 radical (unpaired) electrons. The van der Waals surface area contributed by atoms with Gasteiger partial charge >= 0.3 is 5.97 Å². The second kappa shape index (κ2) is 11.6. The lowest BCUT2D eigenvalue weighted by Crippen LogP contribution is -2.49. The van der Waals surface area contributed by atoms with Gasteiger partial charge in [0.1, 0.15) is 11.9 Å². The van der Waals surface area contributed by atoms with Crippen molar-refractivity contribution >= 4 is 11.8 Å². The first-order valence-corrected chi connectivity index (χ1v) is 14.0.